The summed E-state index contributed by atoms with van der Waals surface area (Å²) in [6.07, 6.45) is 4.57. The van der Waals surface area contributed by atoms with Gasteiger partial charge in [0.05, 0.1) is 22.7 Å². The van der Waals surface area contributed by atoms with Crippen molar-refractivity contribution in [3.63, 3.8) is 0 Å². The van der Waals surface area contributed by atoms with Crippen molar-refractivity contribution >= 4 is 56.8 Å². The van der Waals surface area contributed by atoms with Crippen LogP contribution in [0.15, 0.2) is 29.6 Å². The summed E-state index contributed by atoms with van der Waals surface area (Å²) in [6, 6.07) is 6.02. The molecule has 5 rings (SSSR count). The van der Waals surface area contributed by atoms with Crippen molar-refractivity contribution in [3.05, 3.63) is 57.0 Å². The van der Waals surface area contributed by atoms with Gasteiger partial charge in [0.15, 0.2) is 11.3 Å². The number of aromatic nitrogens is 3. The van der Waals surface area contributed by atoms with Gasteiger partial charge in [-0.25, -0.2) is 14.3 Å². The summed E-state index contributed by atoms with van der Waals surface area (Å²) < 4.78 is 34.7. The summed E-state index contributed by atoms with van der Waals surface area (Å²) in [5, 5.41) is 5.27. The van der Waals surface area contributed by atoms with Crippen LogP contribution in [-0.4, -0.2) is 33.1 Å². The van der Waals surface area contributed by atoms with Crippen LogP contribution in [0.4, 0.5) is 13.8 Å². The number of aryl methyl sites for hydroxylation is 1. The number of esters is 1. The minimum Gasteiger partial charge on any atom is -0.462 e. The second kappa shape index (κ2) is 9.87. The Morgan fingerprint density at radius 1 is 1.25 bits per heavy atom. The molecule has 0 radical (unpaired) electrons. The van der Waals surface area contributed by atoms with Crippen molar-refractivity contribution in [2.45, 2.75) is 44.4 Å². The normalized spacial score (nSPS) is 13.9. The molecule has 0 spiro atoms. The highest BCUT2D eigenvalue weighted by atomic mass is 35.5. The number of hydrogen-bond donors (Lipinski definition) is 1. The van der Waals surface area contributed by atoms with E-state index >= 15 is 0 Å². The molecular weight excluding hydrogens is 530 g/mol. The fourth-order valence-corrected chi connectivity index (χ4v) is 6.35. The number of nitrogens with one attached hydrogen (secondary N) is 1. The minimum absolute atomic E-state index is 0.0500. The van der Waals surface area contributed by atoms with Crippen molar-refractivity contribution in [2.75, 3.05) is 11.9 Å². The van der Waals surface area contributed by atoms with Gasteiger partial charge in [-0.2, -0.15) is 13.9 Å². The highest BCUT2D eigenvalue weighted by molar-refractivity contribution is 7.17. The van der Waals surface area contributed by atoms with Crippen LogP contribution in [0.5, 0.6) is 0 Å². The van der Waals surface area contributed by atoms with Crippen LogP contribution in [0.2, 0.25) is 0 Å². The second-order valence-corrected chi connectivity index (χ2v) is 10.8. The maximum absolute atomic E-state index is 14.3. The highest BCUT2D eigenvalue weighted by Crippen LogP contribution is 2.39. The number of carbonyl (C=O) groups is 2. The van der Waals surface area contributed by atoms with Gasteiger partial charge in [-0.3, -0.25) is 4.79 Å². The first kappa shape index (κ1) is 24.8. The van der Waals surface area contributed by atoms with E-state index in [1.54, 1.807) is 24.4 Å². The number of carbonyl (C=O) groups excluding carboxylic acids is 2. The number of alkyl halides is 3. The Morgan fingerprint density at radius 3 is 2.78 bits per heavy atom. The molecule has 36 heavy (non-hydrogen) atoms. The van der Waals surface area contributed by atoms with Gasteiger partial charge in [-0.05, 0) is 67.3 Å². The average Bonchev–Trinajstić information content (AvgIpc) is 3.54. The Labute approximate surface area is 218 Å². The third kappa shape index (κ3) is 4.74. The number of halogens is 3. The van der Waals surface area contributed by atoms with E-state index in [0.717, 1.165) is 53.1 Å². The zero-order valence-corrected chi connectivity index (χ0v) is 21.5. The van der Waals surface area contributed by atoms with E-state index in [1.807, 2.05) is 0 Å². The smallest absolute Gasteiger partial charge is 0.364 e. The van der Waals surface area contributed by atoms with Crippen LogP contribution in [0, 0.1) is 0 Å². The molecule has 0 saturated heterocycles. The Balaban J connectivity index is 1.54. The van der Waals surface area contributed by atoms with E-state index in [1.165, 1.54) is 28.7 Å². The third-order valence-electron chi connectivity index (χ3n) is 5.85. The zero-order chi connectivity index (χ0) is 25.4. The molecule has 1 amide bonds. The molecule has 4 aromatic rings. The Kier molecular flexibility index (Phi) is 6.80. The number of amides is 1. The predicted octanol–water partition coefficient (Wildman–Crippen LogP) is 6.51. The summed E-state index contributed by atoms with van der Waals surface area (Å²) in [5.74, 6) is -1.14. The molecule has 0 aromatic carbocycles. The molecule has 0 unspecified atom stereocenters. The zero-order valence-electron chi connectivity index (χ0n) is 19.1. The van der Waals surface area contributed by atoms with E-state index in [2.05, 4.69) is 15.4 Å². The molecule has 12 heteroatoms. The van der Waals surface area contributed by atoms with Crippen molar-refractivity contribution in [2.24, 2.45) is 0 Å². The minimum atomic E-state index is -3.74. The first-order valence-electron chi connectivity index (χ1n) is 11.4. The summed E-state index contributed by atoms with van der Waals surface area (Å²) in [5.41, 5.74) is 0.882. The van der Waals surface area contributed by atoms with Crippen molar-refractivity contribution < 1.29 is 23.1 Å². The molecule has 1 N–H and O–H groups in total. The topological polar surface area (TPSA) is 85.6 Å². The van der Waals surface area contributed by atoms with E-state index in [0.29, 0.717) is 21.1 Å². The molecule has 1 aliphatic rings. The number of nitrogens with zero attached hydrogens (tertiary/aromatic N) is 3. The first-order chi connectivity index (χ1) is 17.3. The largest absolute Gasteiger partial charge is 0.462 e. The average molecular weight is 551 g/mol. The number of fused-ring (bicyclic) bond motifs is 2. The molecule has 7 nitrogen and oxygen atoms in total. The Morgan fingerprint density at radius 2 is 2.06 bits per heavy atom. The van der Waals surface area contributed by atoms with Gasteiger partial charge < -0.3 is 10.1 Å². The van der Waals surface area contributed by atoms with Crippen LogP contribution < -0.4 is 5.32 Å². The van der Waals surface area contributed by atoms with Crippen LogP contribution in [0.3, 0.4) is 0 Å². The molecule has 0 fully saturated rings. The van der Waals surface area contributed by atoms with Gasteiger partial charge in [0, 0.05) is 10.9 Å². The fourth-order valence-electron chi connectivity index (χ4n) is 4.25. The Bertz CT molecular complexity index is 1440. The van der Waals surface area contributed by atoms with Crippen molar-refractivity contribution in [3.8, 4) is 10.6 Å². The number of rotatable bonds is 6. The van der Waals surface area contributed by atoms with Crippen LogP contribution >= 0.6 is 34.3 Å². The summed E-state index contributed by atoms with van der Waals surface area (Å²) >= 11 is 8.06. The van der Waals surface area contributed by atoms with E-state index < -0.39 is 23.0 Å². The quantitative estimate of drug-likeness (QED) is 0.168. The second-order valence-electron chi connectivity index (χ2n) is 8.24. The third-order valence-corrected chi connectivity index (χ3v) is 8.15. The number of anilines is 1. The molecule has 0 aliphatic heterocycles. The molecule has 1 aliphatic carbocycles. The highest BCUT2D eigenvalue weighted by Gasteiger charge is 2.34. The predicted molar refractivity (Wildman–Crippen MR) is 136 cm³/mol. The lowest BCUT2D eigenvalue weighted by Crippen LogP contribution is -2.17. The number of thiophene rings is 2. The maximum atomic E-state index is 14.3. The fraction of sp³-hybridized carbons (Fsp3) is 0.333. The molecule has 4 aromatic heterocycles. The molecular formula is C24H21ClF2N4O3S2. The van der Waals surface area contributed by atoms with E-state index in [4.69, 9.17) is 16.3 Å². The van der Waals surface area contributed by atoms with Gasteiger partial charge in [0.1, 0.15) is 10.7 Å². The van der Waals surface area contributed by atoms with Crippen LogP contribution in [0.1, 0.15) is 63.2 Å². The summed E-state index contributed by atoms with van der Waals surface area (Å²) in [4.78, 5) is 32.1. The molecule has 0 atom stereocenters. The standard InChI is InChI=1S/C24H21ClF2N4O3S2/c1-2-34-23(33)20-13-7-4-3-5-8-16(13)36-22(20)29-21(32)15-12-19-28-14(17-9-6-10-35-17)11-18(24(25,26)27)31(19)30-15/h6,9-12H,2-5,7-8H2,1H3,(H,29,32). The summed E-state index contributed by atoms with van der Waals surface area (Å²) in [7, 11) is 0. The van der Waals surface area contributed by atoms with Crippen LogP contribution in [-0.2, 0) is 23.0 Å². The Hall–Kier alpha value is -2.89. The SMILES string of the molecule is CCOC(=O)c1c(NC(=O)c2cc3nc(-c4cccs4)cc(C(F)(F)Cl)n3n2)sc2c1CCCCC2. The van der Waals surface area contributed by atoms with E-state index in [9.17, 15) is 18.4 Å². The monoisotopic (exact) mass is 550 g/mol. The molecule has 188 valence electrons. The molecule has 4 heterocycles. The van der Waals surface area contributed by atoms with Crippen molar-refractivity contribution in [1.82, 2.24) is 14.6 Å². The summed E-state index contributed by atoms with van der Waals surface area (Å²) in [6.45, 7) is 1.93. The lowest BCUT2D eigenvalue weighted by molar-refractivity contribution is 0.0526. The van der Waals surface area contributed by atoms with Crippen LogP contribution in [0.25, 0.3) is 16.2 Å². The number of hydrogen-bond acceptors (Lipinski definition) is 7. The lowest BCUT2D eigenvalue weighted by Gasteiger charge is -2.11. The van der Waals surface area contributed by atoms with Crippen molar-refractivity contribution in [1.29, 1.82) is 0 Å². The first-order valence-corrected chi connectivity index (χ1v) is 13.5. The van der Waals surface area contributed by atoms with Gasteiger partial charge in [-0.15, -0.1) is 22.7 Å². The van der Waals surface area contributed by atoms with E-state index in [-0.39, 0.29) is 17.9 Å². The van der Waals surface area contributed by atoms with Gasteiger partial charge in [0.2, 0.25) is 0 Å². The maximum Gasteiger partial charge on any atom is 0.364 e. The number of ether oxygens (including phenoxy) is 1. The van der Waals surface area contributed by atoms with Gasteiger partial charge >= 0.3 is 11.4 Å². The lowest BCUT2D eigenvalue weighted by atomic mass is 10.1. The van der Waals surface area contributed by atoms with Gasteiger partial charge in [-0.1, -0.05) is 12.5 Å². The van der Waals surface area contributed by atoms with Gasteiger partial charge in [0.25, 0.3) is 5.91 Å². The molecule has 0 saturated carbocycles. The molecule has 0 bridgehead atoms.